The van der Waals surface area contributed by atoms with Crippen LogP contribution in [0, 0.1) is 5.82 Å². The lowest BCUT2D eigenvalue weighted by molar-refractivity contribution is -0.153. The van der Waals surface area contributed by atoms with Crippen molar-refractivity contribution in [3.63, 3.8) is 0 Å². The van der Waals surface area contributed by atoms with Gasteiger partial charge in [-0.3, -0.25) is 14.6 Å². The van der Waals surface area contributed by atoms with E-state index in [9.17, 15) is 14.0 Å². The van der Waals surface area contributed by atoms with Gasteiger partial charge in [-0.25, -0.2) is 9.18 Å². The number of halogens is 1. The number of ether oxygens (including phenoxy) is 3. The Morgan fingerprint density at radius 2 is 1.67 bits per heavy atom. The molecular weight excluding hydrogens is 391 g/mol. The number of morpholine rings is 1. The van der Waals surface area contributed by atoms with Crippen molar-refractivity contribution in [1.29, 1.82) is 0 Å². The minimum Gasteiger partial charge on any atom is -0.459 e. The van der Waals surface area contributed by atoms with Crippen molar-refractivity contribution in [1.82, 2.24) is 4.90 Å². The van der Waals surface area contributed by atoms with Crippen molar-refractivity contribution in [3.8, 4) is 0 Å². The molecule has 30 heavy (non-hydrogen) atoms. The molecule has 0 unspecified atom stereocenters. The van der Waals surface area contributed by atoms with Crippen LogP contribution in [0.4, 0.5) is 14.9 Å². The summed E-state index contributed by atoms with van der Waals surface area (Å²) in [6.45, 7) is 13.1. The number of carbonyl (C=O) groups excluding carboxylic acids is 2. The van der Waals surface area contributed by atoms with Crippen molar-refractivity contribution in [2.24, 2.45) is 0 Å². The Morgan fingerprint density at radius 3 is 2.23 bits per heavy atom. The maximum absolute atomic E-state index is 14.5. The van der Waals surface area contributed by atoms with Crippen LogP contribution in [0.2, 0.25) is 0 Å². The van der Waals surface area contributed by atoms with Crippen LogP contribution in [0.1, 0.15) is 47.1 Å². The second-order valence-electron chi connectivity index (χ2n) is 9.32. The SMILES string of the molecule is CC(C)(C)OC(=O)CN(C(=O)OC(C)(C)C)c1ccc(F)c(CN2CCOCC2)c1. The minimum atomic E-state index is -0.750. The maximum Gasteiger partial charge on any atom is 0.415 e. The smallest absolute Gasteiger partial charge is 0.415 e. The zero-order valence-electron chi connectivity index (χ0n) is 18.8. The third-order valence-corrected chi connectivity index (χ3v) is 4.16. The van der Waals surface area contributed by atoms with E-state index < -0.39 is 23.3 Å². The molecule has 0 bridgehead atoms. The molecule has 0 spiro atoms. The summed E-state index contributed by atoms with van der Waals surface area (Å²) in [6.07, 6.45) is -0.697. The van der Waals surface area contributed by atoms with Crippen molar-refractivity contribution >= 4 is 17.7 Å². The van der Waals surface area contributed by atoms with E-state index >= 15 is 0 Å². The highest BCUT2D eigenvalue weighted by molar-refractivity contribution is 5.93. The number of amides is 1. The fraction of sp³-hybridized carbons (Fsp3) is 0.636. The molecule has 0 aliphatic carbocycles. The highest BCUT2D eigenvalue weighted by Gasteiger charge is 2.28. The van der Waals surface area contributed by atoms with Crippen molar-refractivity contribution < 1.29 is 28.2 Å². The van der Waals surface area contributed by atoms with Gasteiger partial charge in [-0.1, -0.05) is 0 Å². The Labute approximate surface area is 178 Å². The molecule has 1 amide bonds. The summed E-state index contributed by atoms with van der Waals surface area (Å²) in [5.74, 6) is -0.945. The van der Waals surface area contributed by atoms with E-state index in [1.54, 1.807) is 47.6 Å². The minimum absolute atomic E-state index is 0.338. The Hall–Kier alpha value is -2.19. The molecule has 1 saturated heterocycles. The highest BCUT2D eigenvalue weighted by Crippen LogP contribution is 2.23. The zero-order chi connectivity index (χ0) is 22.5. The number of hydrogen-bond acceptors (Lipinski definition) is 6. The Kier molecular flexibility index (Phi) is 7.82. The van der Waals surface area contributed by atoms with Gasteiger partial charge in [0.2, 0.25) is 0 Å². The van der Waals surface area contributed by atoms with Gasteiger partial charge in [0.1, 0.15) is 23.6 Å². The molecule has 2 rings (SSSR count). The van der Waals surface area contributed by atoms with Gasteiger partial charge in [-0.05, 0) is 59.7 Å². The summed E-state index contributed by atoms with van der Waals surface area (Å²) in [4.78, 5) is 28.5. The molecule has 0 radical (unpaired) electrons. The number of benzene rings is 1. The quantitative estimate of drug-likeness (QED) is 0.671. The van der Waals surface area contributed by atoms with Gasteiger partial charge in [-0.15, -0.1) is 0 Å². The fourth-order valence-electron chi connectivity index (χ4n) is 2.93. The summed E-state index contributed by atoms with van der Waals surface area (Å²) in [5.41, 5.74) is -0.632. The van der Waals surface area contributed by atoms with Crippen LogP contribution in [-0.2, 0) is 25.5 Å². The number of esters is 1. The predicted octanol–water partition coefficient (Wildman–Crippen LogP) is 3.74. The van der Waals surface area contributed by atoms with Crippen molar-refractivity contribution in [2.75, 3.05) is 37.7 Å². The molecule has 1 aromatic rings. The van der Waals surface area contributed by atoms with Crippen LogP contribution in [0.15, 0.2) is 18.2 Å². The van der Waals surface area contributed by atoms with Gasteiger partial charge >= 0.3 is 12.1 Å². The first-order valence-electron chi connectivity index (χ1n) is 10.1. The second kappa shape index (κ2) is 9.75. The molecule has 1 aromatic carbocycles. The van der Waals surface area contributed by atoms with E-state index in [1.165, 1.54) is 17.0 Å². The van der Waals surface area contributed by atoms with E-state index in [0.29, 0.717) is 44.1 Å². The van der Waals surface area contributed by atoms with Gasteiger partial charge in [0, 0.05) is 30.9 Å². The van der Waals surface area contributed by atoms with Crippen molar-refractivity contribution in [2.45, 2.75) is 59.3 Å². The third kappa shape index (κ3) is 7.91. The first-order chi connectivity index (χ1) is 13.8. The number of rotatable bonds is 5. The van der Waals surface area contributed by atoms with E-state index in [0.717, 1.165) is 0 Å². The van der Waals surface area contributed by atoms with Crippen LogP contribution in [0.5, 0.6) is 0 Å². The molecule has 8 heteroatoms. The Balaban J connectivity index is 2.28. The summed E-state index contributed by atoms with van der Waals surface area (Å²) in [5, 5.41) is 0. The molecule has 0 aromatic heterocycles. The first kappa shape index (κ1) is 24.1. The van der Waals surface area contributed by atoms with Gasteiger partial charge in [0.05, 0.1) is 13.2 Å². The van der Waals surface area contributed by atoms with Gasteiger partial charge < -0.3 is 14.2 Å². The number of carbonyl (C=O) groups is 2. The standard InChI is InChI=1S/C22H33FN2O5/c1-21(2,3)29-19(26)15-25(20(27)30-22(4,5)6)17-7-8-18(23)16(13-17)14-24-9-11-28-12-10-24/h7-8,13H,9-12,14-15H2,1-6H3. The first-order valence-corrected chi connectivity index (χ1v) is 10.1. The maximum atomic E-state index is 14.5. The van der Waals surface area contributed by atoms with Crippen LogP contribution < -0.4 is 4.90 Å². The number of hydrogen-bond donors (Lipinski definition) is 0. The van der Waals surface area contributed by atoms with Crippen LogP contribution >= 0.6 is 0 Å². The number of nitrogens with zero attached hydrogens (tertiary/aromatic N) is 2. The van der Waals surface area contributed by atoms with Crippen molar-refractivity contribution in [3.05, 3.63) is 29.6 Å². The molecule has 0 saturated carbocycles. The van der Waals surface area contributed by atoms with Gasteiger partial charge in [0.25, 0.3) is 0 Å². The molecule has 0 N–H and O–H groups in total. The summed E-state index contributed by atoms with van der Waals surface area (Å²) >= 11 is 0. The van der Waals surface area contributed by atoms with Crippen LogP contribution in [0.25, 0.3) is 0 Å². The lowest BCUT2D eigenvalue weighted by atomic mass is 10.1. The van der Waals surface area contributed by atoms with Gasteiger partial charge in [0.15, 0.2) is 0 Å². The van der Waals surface area contributed by atoms with E-state index in [4.69, 9.17) is 14.2 Å². The van der Waals surface area contributed by atoms with E-state index in [-0.39, 0.29) is 12.4 Å². The largest absolute Gasteiger partial charge is 0.459 e. The summed E-state index contributed by atoms with van der Waals surface area (Å²) < 4.78 is 30.6. The highest BCUT2D eigenvalue weighted by atomic mass is 19.1. The molecule has 168 valence electrons. The fourth-order valence-corrected chi connectivity index (χ4v) is 2.93. The molecule has 1 aliphatic rings. The molecule has 0 atom stereocenters. The second-order valence-corrected chi connectivity index (χ2v) is 9.32. The average Bonchev–Trinajstić information content (AvgIpc) is 2.59. The summed E-state index contributed by atoms with van der Waals surface area (Å²) in [7, 11) is 0. The lowest BCUT2D eigenvalue weighted by Crippen LogP contribution is -2.42. The van der Waals surface area contributed by atoms with Gasteiger partial charge in [-0.2, -0.15) is 0 Å². The molecule has 7 nitrogen and oxygen atoms in total. The van der Waals surface area contributed by atoms with Crippen LogP contribution in [-0.4, -0.2) is 61.0 Å². The molecule has 1 heterocycles. The molecule has 1 fully saturated rings. The predicted molar refractivity (Wildman–Crippen MR) is 112 cm³/mol. The summed E-state index contributed by atoms with van der Waals surface area (Å²) in [6, 6.07) is 4.35. The lowest BCUT2D eigenvalue weighted by Gasteiger charge is -2.29. The third-order valence-electron chi connectivity index (χ3n) is 4.16. The molecule has 1 aliphatic heterocycles. The number of anilines is 1. The Morgan fingerprint density at radius 1 is 1.07 bits per heavy atom. The van der Waals surface area contributed by atoms with Crippen LogP contribution in [0.3, 0.4) is 0 Å². The zero-order valence-corrected chi connectivity index (χ0v) is 18.8. The normalized spacial score (nSPS) is 15.6. The van der Waals surface area contributed by atoms with E-state index in [2.05, 4.69) is 4.90 Å². The average molecular weight is 425 g/mol. The molecular formula is C22H33FN2O5. The topological polar surface area (TPSA) is 68.3 Å². The van der Waals surface area contributed by atoms with E-state index in [1.807, 2.05) is 0 Å². The Bertz CT molecular complexity index is 749. The monoisotopic (exact) mass is 424 g/mol.